The first-order valence-corrected chi connectivity index (χ1v) is 13.0. The minimum absolute atomic E-state index is 0.0785. The molecule has 4 rings (SSSR count). The second-order valence-corrected chi connectivity index (χ2v) is 10.4. The van der Waals surface area contributed by atoms with Crippen LogP contribution in [0.1, 0.15) is 22.5 Å². The maximum Gasteiger partial charge on any atom is 0.433 e. The van der Waals surface area contributed by atoms with Crippen molar-refractivity contribution >= 4 is 51.6 Å². The number of benzene rings is 1. The van der Waals surface area contributed by atoms with E-state index in [1.54, 1.807) is 0 Å². The van der Waals surface area contributed by atoms with Crippen LogP contribution < -0.4 is 10.6 Å². The number of piperidine rings is 1. The highest BCUT2D eigenvalue weighted by Gasteiger charge is 2.39. The second kappa shape index (κ2) is 12.3. The van der Waals surface area contributed by atoms with Gasteiger partial charge in [0.1, 0.15) is 5.69 Å². The molecule has 3 N–H and O–H groups in total. The Morgan fingerprint density at radius 3 is 2.37 bits per heavy atom. The normalized spacial score (nSPS) is 18.7. The Morgan fingerprint density at radius 1 is 1.07 bits per heavy atom. The van der Waals surface area contributed by atoms with Crippen molar-refractivity contribution in [3.05, 3.63) is 51.9 Å². The molecule has 1 unspecified atom stereocenters. The Hall–Kier alpha value is -3.44. The van der Waals surface area contributed by atoms with Gasteiger partial charge in [-0.2, -0.15) is 40.2 Å². The summed E-state index contributed by atoms with van der Waals surface area (Å²) < 4.78 is 106. The third kappa shape index (κ3) is 7.75. The molecule has 9 nitrogen and oxygen atoms in total. The first-order chi connectivity index (χ1) is 19.9. The standard InChI is InChI=1S/C24H20Cl2F8N6O3/c25-10-1-2-15-13(3-10)16(5-17(37-15)23(29,30)31)35-11-4-12(7-39(6-11)22(43)20(27)28)36-21(42)14-8-40(38-19(14)26)9-18(41)24(32,33)34/h1-3,5,8,11-12,18,20,41H,4,6-7,9H2,(H,35,37)(H,36,42)/t11-,12+,18?/m1/s1. The van der Waals surface area contributed by atoms with Crippen molar-refractivity contribution in [1.82, 2.24) is 25.0 Å². The van der Waals surface area contributed by atoms with Gasteiger partial charge in [-0.1, -0.05) is 23.2 Å². The number of halogens is 10. The molecule has 3 aromatic rings. The summed E-state index contributed by atoms with van der Waals surface area (Å²) in [5, 5.41) is 17.9. The average Bonchev–Trinajstić information content (AvgIpc) is 3.26. The molecule has 0 saturated carbocycles. The molecule has 234 valence electrons. The van der Waals surface area contributed by atoms with Crippen molar-refractivity contribution < 1.29 is 49.8 Å². The first-order valence-electron chi connectivity index (χ1n) is 12.2. The van der Waals surface area contributed by atoms with Crippen LogP contribution in [-0.2, 0) is 17.5 Å². The number of hydrogen-bond acceptors (Lipinski definition) is 6. The second-order valence-electron chi connectivity index (χ2n) is 9.62. The number of amides is 2. The summed E-state index contributed by atoms with van der Waals surface area (Å²) in [5.41, 5.74) is -1.87. The van der Waals surface area contributed by atoms with E-state index >= 15 is 0 Å². The van der Waals surface area contributed by atoms with E-state index in [0.717, 1.165) is 6.20 Å². The summed E-state index contributed by atoms with van der Waals surface area (Å²) in [6.45, 7) is -1.88. The van der Waals surface area contributed by atoms with Gasteiger partial charge >= 0.3 is 18.8 Å². The van der Waals surface area contributed by atoms with E-state index < -0.39 is 78.3 Å². The quantitative estimate of drug-likeness (QED) is 0.315. The molecular formula is C24H20Cl2F8N6O3. The van der Waals surface area contributed by atoms with Crippen LogP contribution in [0.25, 0.3) is 10.9 Å². The lowest BCUT2D eigenvalue weighted by Gasteiger charge is -2.38. The van der Waals surface area contributed by atoms with Crippen molar-refractivity contribution in [2.24, 2.45) is 0 Å². The zero-order valence-corrected chi connectivity index (χ0v) is 22.9. The van der Waals surface area contributed by atoms with Gasteiger partial charge in [-0.25, -0.2) is 4.98 Å². The number of rotatable bonds is 7. The summed E-state index contributed by atoms with van der Waals surface area (Å²) >= 11 is 11.9. The smallest absolute Gasteiger partial charge is 0.382 e. The maximum atomic E-state index is 13.6. The molecular weight excluding hydrogens is 643 g/mol. The minimum Gasteiger partial charge on any atom is -0.382 e. The van der Waals surface area contributed by atoms with Crippen LogP contribution in [0.4, 0.5) is 40.8 Å². The molecule has 0 spiro atoms. The highest BCUT2D eigenvalue weighted by atomic mass is 35.5. The number of hydrogen-bond donors (Lipinski definition) is 3. The van der Waals surface area contributed by atoms with E-state index in [1.165, 1.54) is 18.2 Å². The number of carbonyl (C=O) groups excluding carboxylic acids is 2. The van der Waals surface area contributed by atoms with Crippen LogP contribution in [-0.4, -0.2) is 80.5 Å². The zero-order valence-electron chi connectivity index (χ0n) is 21.4. The van der Waals surface area contributed by atoms with Gasteiger partial charge in [-0.3, -0.25) is 14.3 Å². The number of nitrogens with zero attached hydrogens (tertiary/aromatic N) is 4. The number of aliphatic hydroxyl groups excluding tert-OH is 1. The molecule has 3 heterocycles. The Labute approximate surface area is 246 Å². The number of carbonyl (C=O) groups is 2. The third-order valence-electron chi connectivity index (χ3n) is 6.40. The summed E-state index contributed by atoms with van der Waals surface area (Å²) in [6, 6.07) is 2.57. The molecule has 19 heteroatoms. The van der Waals surface area contributed by atoms with E-state index in [2.05, 4.69) is 20.7 Å². The number of fused-ring (bicyclic) bond motifs is 1. The fourth-order valence-electron chi connectivity index (χ4n) is 4.50. The number of likely N-dealkylation sites (tertiary alicyclic amines) is 1. The Morgan fingerprint density at radius 2 is 1.74 bits per heavy atom. The van der Waals surface area contributed by atoms with Crippen LogP contribution in [0.3, 0.4) is 0 Å². The molecule has 1 fully saturated rings. The van der Waals surface area contributed by atoms with E-state index in [9.17, 15) is 49.8 Å². The van der Waals surface area contributed by atoms with Crippen molar-refractivity contribution in [3.8, 4) is 0 Å². The molecule has 3 atom stereocenters. The maximum absolute atomic E-state index is 13.6. The number of nitrogens with one attached hydrogen (secondary N) is 2. The largest absolute Gasteiger partial charge is 0.433 e. The van der Waals surface area contributed by atoms with Gasteiger partial charge in [0, 0.05) is 47.5 Å². The van der Waals surface area contributed by atoms with Crippen LogP contribution in [0.5, 0.6) is 0 Å². The average molecular weight is 663 g/mol. The van der Waals surface area contributed by atoms with Crippen LogP contribution in [0.2, 0.25) is 10.2 Å². The fourth-order valence-corrected chi connectivity index (χ4v) is 4.90. The Bertz CT molecular complexity index is 1520. The van der Waals surface area contributed by atoms with E-state index in [4.69, 9.17) is 23.2 Å². The number of aliphatic hydroxyl groups is 1. The van der Waals surface area contributed by atoms with E-state index in [0.29, 0.717) is 15.6 Å². The SMILES string of the molecule is O=C(N[C@H]1C[C@@H](Nc2cc(C(F)(F)F)nc3ccc(Cl)cc23)CN(C(=O)C(F)F)C1)c1cn(CC(O)C(F)(F)F)nc1Cl. The van der Waals surface area contributed by atoms with Crippen molar-refractivity contribution in [2.75, 3.05) is 18.4 Å². The Balaban J connectivity index is 1.60. The van der Waals surface area contributed by atoms with Gasteiger partial charge in [-0.05, 0) is 30.7 Å². The number of aromatic nitrogens is 3. The molecule has 43 heavy (non-hydrogen) atoms. The number of pyridine rings is 1. The van der Waals surface area contributed by atoms with Gasteiger partial charge in [-0.15, -0.1) is 0 Å². The molecule has 0 aliphatic carbocycles. The van der Waals surface area contributed by atoms with Gasteiger partial charge in [0.15, 0.2) is 11.3 Å². The zero-order chi connectivity index (χ0) is 31.9. The molecule has 2 aromatic heterocycles. The summed E-state index contributed by atoms with van der Waals surface area (Å²) in [6.07, 6.45) is -15.3. The number of alkyl halides is 8. The highest BCUT2D eigenvalue weighted by Crippen LogP contribution is 2.35. The van der Waals surface area contributed by atoms with Crippen molar-refractivity contribution in [2.45, 2.75) is 49.9 Å². The van der Waals surface area contributed by atoms with E-state index in [-0.39, 0.29) is 34.6 Å². The molecule has 0 radical (unpaired) electrons. The molecule has 2 amide bonds. The first kappa shape index (κ1) is 32.5. The van der Waals surface area contributed by atoms with Gasteiger partial charge in [0.25, 0.3) is 11.8 Å². The summed E-state index contributed by atoms with van der Waals surface area (Å²) in [4.78, 5) is 29.4. The summed E-state index contributed by atoms with van der Waals surface area (Å²) in [5.74, 6) is -2.59. The molecule has 1 aromatic carbocycles. The van der Waals surface area contributed by atoms with Crippen LogP contribution in [0.15, 0.2) is 30.5 Å². The molecule has 1 saturated heterocycles. The van der Waals surface area contributed by atoms with Crippen molar-refractivity contribution in [1.29, 1.82) is 0 Å². The number of anilines is 1. The monoisotopic (exact) mass is 662 g/mol. The minimum atomic E-state index is -4.97. The topological polar surface area (TPSA) is 112 Å². The lowest BCUT2D eigenvalue weighted by Crippen LogP contribution is -2.57. The van der Waals surface area contributed by atoms with Gasteiger partial charge < -0.3 is 20.6 Å². The predicted octanol–water partition coefficient (Wildman–Crippen LogP) is 4.76. The molecule has 1 aliphatic rings. The highest BCUT2D eigenvalue weighted by molar-refractivity contribution is 6.32. The van der Waals surface area contributed by atoms with E-state index in [1.807, 2.05) is 0 Å². The lowest BCUT2D eigenvalue weighted by atomic mass is 9.99. The third-order valence-corrected chi connectivity index (χ3v) is 6.92. The van der Waals surface area contributed by atoms with Gasteiger partial charge in [0.05, 0.1) is 17.6 Å². The van der Waals surface area contributed by atoms with Gasteiger partial charge in [0.2, 0.25) is 0 Å². The predicted molar refractivity (Wildman–Crippen MR) is 137 cm³/mol. The summed E-state index contributed by atoms with van der Waals surface area (Å²) in [7, 11) is 0. The molecule has 1 aliphatic heterocycles. The Kier molecular flexibility index (Phi) is 9.27. The van der Waals surface area contributed by atoms with Crippen molar-refractivity contribution in [3.63, 3.8) is 0 Å². The molecule has 0 bridgehead atoms. The lowest BCUT2D eigenvalue weighted by molar-refractivity contribution is -0.208. The fraction of sp³-hybridized carbons (Fsp3) is 0.417. The van der Waals surface area contributed by atoms with Crippen LogP contribution in [0, 0.1) is 0 Å². The van der Waals surface area contributed by atoms with Crippen LogP contribution >= 0.6 is 23.2 Å².